The van der Waals surface area contributed by atoms with Crippen molar-refractivity contribution in [3.05, 3.63) is 40.7 Å². The third-order valence-corrected chi connectivity index (χ3v) is 3.62. The van der Waals surface area contributed by atoms with E-state index < -0.39 is 0 Å². The molecule has 0 bridgehead atoms. The van der Waals surface area contributed by atoms with Gasteiger partial charge in [-0.2, -0.15) is 4.37 Å². The lowest BCUT2D eigenvalue weighted by molar-refractivity contribution is 0.555. The van der Waals surface area contributed by atoms with Crippen LogP contribution in [0.5, 0.6) is 0 Å². The van der Waals surface area contributed by atoms with Crippen LogP contribution in [0.2, 0.25) is 5.02 Å². The first kappa shape index (κ1) is 14.3. The van der Waals surface area contributed by atoms with Gasteiger partial charge in [-0.15, -0.1) is 0 Å². The molecule has 0 saturated carbocycles. The molecule has 1 heterocycles. The standard InChI is InChI=1S/C14H18ClN3S/c1-14(2,3)12-17-13(19-18-12)16-9-8-10-4-6-11(15)7-5-10/h4-7H,8-9H2,1-3H3,(H,16,17,18). The first-order valence-corrected chi connectivity index (χ1v) is 7.43. The van der Waals surface area contributed by atoms with Gasteiger partial charge in [0.15, 0.2) is 0 Å². The molecule has 0 aliphatic carbocycles. The molecule has 0 amide bonds. The molecule has 19 heavy (non-hydrogen) atoms. The number of rotatable bonds is 4. The molecule has 0 aliphatic heterocycles. The Bertz CT molecular complexity index is 528. The summed E-state index contributed by atoms with van der Waals surface area (Å²) in [7, 11) is 0. The zero-order valence-electron chi connectivity index (χ0n) is 11.4. The summed E-state index contributed by atoms with van der Waals surface area (Å²) in [4.78, 5) is 4.50. The average molecular weight is 296 g/mol. The molecule has 1 aromatic heterocycles. The Morgan fingerprint density at radius 1 is 1.21 bits per heavy atom. The maximum atomic E-state index is 5.85. The second-order valence-corrected chi connectivity index (χ2v) is 6.66. The van der Waals surface area contributed by atoms with Crippen LogP contribution in [-0.4, -0.2) is 15.9 Å². The summed E-state index contributed by atoms with van der Waals surface area (Å²) in [5.41, 5.74) is 1.27. The van der Waals surface area contributed by atoms with Crippen LogP contribution in [0.15, 0.2) is 24.3 Å². The monoisotopic (exact) mass is 295 g/mol. The van der Waals surface area contributed by atoms with Crippen LogP contribution in [0.4, 0.5) is 5.13 Å². The van der Waals surface area contributed by atoms with Crippen molar-refractivity contribution in [2.75, 3.05) is 11.9 Å². The first-order chi connectivity index (χ1) is 8.95. The van der Waals surface area contributed by atoms with E-state index in [1.165, 1.54) is 17.1 Å². The highest BCUT2D eigenvalue weighted by Crippen LogP contribution is 2.22. The third-order valence-electron chi connectivity index (χ3n) is 2.70. The minimum absolute atomic E-state index is 0.00656. The van der Waals surface area contributed by atoms with Crippen molar-refractivity contribution in [1.29, 1.82) is 0 Å². The summed E-state index contributed by atoms with van der Waals surface area (Å²) < 4.78 is 4.38. The summed E-state index contributed by atoms with van der Waals surface area (Å²) in [6, 6.07) is 7.93. The molecule has 0 unspecified atom stereocenters. The molecule has 1 aromatic carbocycles. The molecule has 0 aliphatic rings. The lowest BCUT2D eigenvalue weighted by Crippen LogP contribution is -2.13. The predicted octanol–water partition coefficient (Wildman–Crippen LogP) is 4.14. The number of aromatic nitrogens is 2. The Hall–Kier alpha value is -1.13. The van der Waals surface area contributed by atoms with E-state index in [0.29, 0.717) is 0 Å². The zero-order chi connectivity index (χ0) is 13.9. The van der Waals surface area contributed by atoms with Crippen LogP contribution in [0.3, 0.4) is 0 Å². The van der Waals surface area contributed by atoms with Crippen LogP contribution in [-0.2, 0) is 11.8 Å². The van der Waals surface area contributed by atoms with Gasteiger partial charge >= 0.3 is 0 Å². The molecule has 3 nitrogen and oxygen atoms in total. The van der Waals surface area contributed by atoms with Gasteiger partial charge in [-0.1, -0.05) is 44.5 Å². The van der Waals surface area contributed by atoms with E-state index in [1.54, 1.807) is 0 Å². The second kappa shape index (κ2) is 5.88. The lowest BCUT2D eigenvalue weighted by atomic mass is 9.96. The van der Waals surface area contributed by atoms with Gasteiger partial charge in [0.05, 0.1) is 0 Å². The molecule has 0 atom stereocenters. The Morgan fingerprint density at radius 2 is 1.89 bits per heavy atom. The largest absolute Gasteiger partial charge is 0.360 e. The van der Waals surface area contributed by atoms with Crippen LogP contribution in [0.25, 0.3) is 0 Å². The van der Waals surface area contributed by atoms with Gasteiger partial charge in [-0.3, -0.25) is 0 Å². The zero-order valence-corrected chi connectivity index (χ0v) is 13.0. The molecule has 102 valence electrons. The molecule has 1 N–H and O–H groups in total. The average Bonchev–Trinajstić information content (AvgIpc) is 2.80. The smallest absolute Gasteiger partial charge is 0.202 e. The number of halogens is 1. The number of anilines is 1. The molecule has 0 saturated heterocycles. The highest BCUT2D eigenvalue weighted by atomic mass is 35.5. The minimum atomic E-state index is 0.00656. The summed E-state index contributed by atoms with van der Waals surface area (Å²) in [6.07, 6.45) is 0.946. The molecule has 2 aromatic rings. The number of hydrogen-bond acceptors (Lipinski definition) is 4. The Balaban J connectivity index is 1.86. The lowest BCUT2D eigenvalue weighted by Gasteiger charge is -2.12. The van der Waals surface area contributed by atoms with E-state index >= 15 is 0 Å². The molecule has 5 heteroatoms. The number of benzene rings is 1. The molecule has 0 fully saturated rings. The number of nitrogens with one attached hydrogen (secondary N) is 1. The van der Waals surface area contributed by atoms with Crippen molar-refractivity contribution < 1.29 is 0 Å². The maximum absolute atomic E-state index is 5.85. The molecule has 0 radical (unpaired) electrons. The van der Waals surface area contributed by atoms with Crippen molar-refractivity contribution >= 4 is 28.3 Å². The Kier molecular flexibility index (Phi) is 4.42. The fourth-order valence-corrected chi connectivity index (χ4v) is 2.47. The van der Waals surface area contributed by atoms with Gasteiger partial charge in [-0.25, -0.2) is 4.98 Å². The summed E-state index contributed by atoms with van der Waals surface area (Å²) in [5, 5.41) is 4.97. The highest BCUT2D eigenvalue weighted by molar-refractivity contribution is 7.09. The van der Waals surface area contributed by atoms with Crippen LogP contribution in [0.1, 0.15) is 32.2 Å². The fraction of sp³-hybridized carbons (Fsp3) is 0.429. The SMILES string of the molecule is CC(C)(C)c1nsc(NCCc2ccc(Cl)cc2)n1. The fourth-order valence-electron chi connectivity index (χ4n) is 1.56. The van der Waals surface area contributed by atoms with Crippen LogP contribution >= 0.6 is 23.1 Å². The maximum Gasteiger partial charge on any atom is 0.202 e. The van der Waals surface area contributed by atoms with Gasteiger partial charge in [0.2, 0.25) is 5.13 Å². The van der Waals surface area contributed by atoms with Gasteiger partial charge in [0, 0.05) is 28.5 Å². The first-order valence-electron chi connectivity index (χ1n) is 6.27. The van der Waals surface area contributed by atoms with E-state index in [0.717, 1.165) is 28.9 Å². The van der Waals surface area contributed by atoms with E-state index in [4.69, 9.17) is 11.6 Å². The van der Waals surface area contributed by atoms with Crippen molar-refractivity contribution in [2.24, 2.45) is 0 Å². The van der Waals surface area contributed by atoms with E-state index in [-0.39, 0.29) is 5.41 Å². The Morgan fingerprint density at radius 3 is 2.47 bits per heavy atom. The second-order valence-electron chi connectivity index (χ2n) is 5.48. The quantitative estimate of drug-likeness (QED) is 0.921. The van der Waals surface area contributed by atoms with Gasteiger partial charge in [0.1, 0.15) is 5.82 Å². The molecule has 0 spiro atoms. The topological polar surface area (TPSA) is 37.8 Å². The summed E-state index contributed by atoms with van der Waals surface area (Å²) in [5.74, 6) is 0.895. The van der Waals surface area contributed by atoms with Gasteiger partial charge in [-0.05, 0) is 24.1 Å². The summed E-state index contributed by atoms with van der Waals surface area (Å²) in [6.45, 7) is 7.20. The normalized spacial score (nSPS) is 11.6. The van der Waals surface area contributed by atoms with Crippen LogP contribution < -0.4 is 5.32 Å². The minimum Gasteiger partial charge on any atom is -0.360 e. The number of hydrogen-bond donors (Lipinski definition) is 1. The Labute approximate surface area is 123 Å². The van der Waals surface area contributed by atoms with Gasteiger partial charge in [0.25, 0.3) is 0 Å². The summed E-state index contributed by atoms with van der Waals surface area (Å²) >= 11 is 7.28. The van der Waals surface area contributed by atoms with E-state index in [2.05, 4.69) is 35.4 Å². The van der Waals surface area contributed by atoms with E-state index in [1.807, 2.05) is 24.3 Å². The number of nitrogens with zero attached hydrogens (tertiary/aromatic N) is 2. The van der Waals surface area contributed by atoms with E-state index in [9.17, 15) is 0 Å². The van der Waals surface area contributed by atoms with Crippen molar-refractivity contribution in [2.45, 2.75) is 32.6 Å². The molecule has 2 rings (SSSR count). The van der Waals surface area contributed by atoms with Gasteiger partial charge < -0.3 is 5.32 Å². The van der Waals surface area contributed by atoms with Crippen molar-refractivity contribution in [3.63, 3.8) is 0 Å². The molecular formula is C14H18ClN3S. The predicted molar refractivity (Wildman–Crippen MR) is 82.3 cm³/mol. The molecular weight excluding hydrogens is 278 g/mol. The van der Waals surface area contributed by atoms with Crippen LogP contribution in [0, 0.1) is 0 Å². The third kappa shape index (κ3) is 4.18. The van der Waals surface area contributed by atoms with Crippen molar-refractivity contribution in [3.8, 4) is 0 Å². The van der Waals surface area contributed by atoms with Crippen molar-refractivity contribution in [1.82, 2.24) is 9.36 Å². The highest BCUT2D eigenvalue weighted by Gasteiger charge is 2.19.